The lowest BCUT2D eigenvalue weighted by Gasteiger charge is -2.25. The van der Waals surface area contributed by atoms with Gasteiger partial charge < -0.3 is 9.53 Å². The van der Waals surface area contributed by atoms with Crippen LogP contribution in [0.15, 0.2) is 42.5 Å². The summed E-state index contributed by atoms with van der Waals surface area (Å²) in [6, 6.07) is 12.4. The van der Waals surface area contributed by atoms with Crippen molar-refractivity contribution in [2.45, 2.75) is 45.3 Å². The second kappa shape index (κ2) is 9.61. The van der Waals surface area contributed by atoms with Crippen LogP contribution in [-0.2, 0) is 20.9 Å². The van der Waals surface area contributed by atoms with Crippen molar-refractivity contribution in [2.75, 3.05) is 24.5 Å². The molecule has 0 N–H and O–H groups in total. The van der Waals surface area contributed by atoms with E-state index in [0.717, 1.165) is 24.1 Å². The van der Waals surface area contributed by atoms with E-state index in [9.17, 15) is 18.8 Å². The quantitative estimate of drug-likeness (QED) is 0.643. The number of cyclic esters (lactones) is 1. The Morgan fingerprint density at radius 1 is 1.16 bits per heavy atom. The summed E-state index contributed by atoms with van der Waals surface area (Å²) in [5.74, 6) is -0.0933. The van der Waals surface area contributed by atoms with Gasteiger partial charge in [-0.3, -0.25) is 14.6 Å². The average molecular weight is 438 g/mol. The third-order valence-corrected chi connectivity index (χ3v) is 5.96. The van der Waals surface area contributed by atoms with Gasteiger partial charge in [-0.15, -0.1) is 0 Å². The van der Waals surface area contributed by atoms with Crippen molar-refractivity contribution in [3.8, 4) is 11.1 Å². The first kappa shape index (κ1) is 22.1. The minimum Gasteiger partial charge on any atom is -0.444 e. The van der Waals surface area contributed by atoms with Crippen molar-refractivity contribution in [3.63, 3.8) is 0 Å². The Labute approximate surface area is 187 Å². The van der Waals surface area contributed by atoms with Crippen LogP contribution in [0.2, 0.25) is 0 Å². The third-order valence-electron chi connectivity index (χ3n) is 5.96. The topological polar surface area (TPSA) is 66.9 Å². The van der Waals surface area contributed by atoms with Gasteiger partial charge in [-0.05, 0) is 55.6 Å². The Kier molecular flexibility index (Phi) is 6.65. The second-order valence-corrected chi connectivity index (χ2v) is 8.57. The van der Waals surface area contributed by atoms with Crippen molar-refractivity contribution in [2.24, 2.45) is 0 Å². The molecule has 0 bridgehead atoms. The number of amides is 1. The van der Waals surface area contributed by atoms with Gasteiger partial charge in [0.05, 0.1) is 18.8 Å². The smallest absolute Gasteiger partial charge is 0.414 e. The Balaban J connectivity index is 1.42. The van der Waals surface area contributed by atoms with Crippen molar-refractivity contribution in [1.82, 2.24) is 4.90 Å². The number of halogens is 1. The van der Waals surface area contributed by atoms with Crippen LogP contribution in [0.1, 0.15) is 38.2 Å². The molecule has 168 valence electrons. The van der Waals surface area contributed by atoms with E-state index >= 15 is 0 Å². The lowest BCUT2D eigenvalue weighted by atomic mass is 10.0. The van der Waals surface area contributed by atoms with Gasteiger partial charge in [0.2, 0.25) is 0 Å². The molecule has 0 saturated carbocycles. The van der Waals surface area contributed by atoms with Crippen LogP contribution in [0, 0.1) is 5.82 Å². The van der Waals surface area contributed by atoms with Gasteiger partial charge in [-0.1, -0.05) is 24.3 Å². The first-order valence-electron chi connectivity index (χ1n) is 11.0. The minimum atomic E-state index is -0.522. The number of carbonyl (C=O) groups excluding carboxylic acids is 3. The van der Waals surface area contributed by atoms with Gasteiger partial charge in [0.25, 0.3) is 0 Å². The largest absolute Gasteiger partial charge is 0.444 e. The summed E-state index contributed by atoms with van der Waals surface area (Å²) in [7, 11) is 0. The molecule has 0 radical (unpaired) electrons. The molecular formula is C25H27FN2O4. The average Bonchev–Trinajstić information content (AvgIpc) is 3.13. The zero-order valence-electron chi connectivity index (χ0n) is 18.2. The summed E-state index contributed by atoms with van der Waals surface area (Å²) in [5.41, 5.74) is 2.72. The highest BCUT2D eigenvalue weighted by Gasteiger charge is 2.32. The lowest BCUT2D eigenvalue weighted by molar-refractivity contribution is -0.122. The molecular weight excluding hydrogens is 411 g/mol. The van der Waals surface area contributed by atoms with Crippen LogP contribution in [0.4, 0.5) is 14.9 Å². The second-order valence-electron chi connectivity index (χ2n) is 8.57. The number of benzene rings is 2. The molecule has 2 saturated heterocycles. The number of carbonyl (C=O) groups is 3. The maximum atomic E-state index is 14.9. The molecule has 1 amide bonds. The highest BCUT2D eigenvalue weighted by Crippen LogP contribution is 2.30. The monoisotopic (exact) mass is 438 g/mol. The number of hydrogen-bond acceptors (Lipinski definition) is 5. The molecule has 2 aromatic rings. The number of likely N-dealkylation sites (tertiary alicyclic amines) is 1. The molecule has 4 rings (SSSR count). The van der Waals surface area contributed by atoms with E-state index in [1.165, 1.54) is 17.9 Å². The van der Waals surface area contributed by atoms with Crippen LogP contribution < -0.4 is 4.90 Å². The van der Waals surface area contributed by atoms with Crippen molar-refractivity contribution in [3.05, 3.63) is 53.8 Å². The van der Waals surface area contributed by atoms with Crippen molar-refractivity contribution < 1.29 is 23.5 Å². The summed E-state index contributed by atoms with van der Waals surface area (Å²) < 4.78 is 20.2. The molecule has 2 aliphatic heterocycles. The van der Waals surface area contributed by atoms with Gasteiger partial charge in [-0.2, -0.15) is 0 Å². The molecule has 2 heterocycles. The number of ketones is 2. The fourth-order valence-corrected chi connectivity index (χ4v) is 4.24. The normalized spacial score (nSPS) is 19.3. The maximum Gasteiger partial charge on any atom is 0.414 e. The number of rotatable bonds is 7. The minimum absolute atomic E-state index is 0.0466. The first-order valence-corrected chi connectivity index (χ1v) is 11.0. The SMILES string of the molecule is CC(=O)CC[C@H]1CN(c2ccc(-c3ccc(CN4CCCC(=O)C4)cc3)c(F)c2)C(=O)O1. The highest BCUT2D eigenvalue weighted by atomic mass is 19.1. The number of piperidine rings is 1. The standard InChI is InChI=1S/C25H27FN2O4/c1-17(29)4-10-22-16-28(25(31)32-22)20-9-11-23(24(26)13-20)19-7-5-18(6-8-19)14-27-12-2-3-21(30)15-27/h5-9,11,13,22H,2-4,10,12,14-16H2,1H3/t22-/m0/s1. The Bertz CT molecular complexity index is 1020. The zero-order chi connectivity index (χ0) is 22.7. The molecule has 0 aromatic heterocycles. The lowest BCUT2D eigenvalue weighted by Crippen LogP contribution is -2.34. The maximum absolute atomic E-state index is 14.9. The van der Waals surface area contributed by atoms with Crippen molar-refractivity contribution in [1.29, 1.82) is 0 Å². The van der Waals surface area contributed by atoms with Gasteiger partial charge in [0.15, 0.2) is 0 Å². The molecule has 0 unspecified atom stereocenters. The van der Waals surface area contributed by atoms with Gasteiger partial charge in [0, 0.05) is 24.9 Å². The van der Waals surface area contributed by atoms with Crippen molar-refractivity contribution >= 4 is 23.3 Å². The summed E-state index contributed by atoms with van der Waals surface area (Å²) in [5, 5.41) is 0. The number of Topliss-reactive ketones (excluding diaryl/α,β-unsaturated/α-hetero) is 2. The zero-order valence-corrected chi connectivity index (χ0v) is 18.2. The van der Waals surface area contributed by atoms with E-state index in [1.807, 2.05) is 24.3 Å². The first-order chi connectivity index (χ1) is 15.4. The fraction of sp³-hybridized carbons (Fsp3) is 0.400. The molecule has 2 aromatic carbocycles. The number of anilines is 1. The number of ether oxygens (including phenoxy) is 1. The molecule has 32 heavy (non-hydrogen) atoms. The van der Waals surface area contributed by atoms with E-state index in [4.69, 9.17) is 4.74 Å². The molecule has 7 heteroatoms. The molecule has 1 atom stereocenters. The molecule has 2 aliphatic rings. The summed E-state index contributed by atoms with van der Waals surface area (Å²) in [6.07, 6.45) is 1.50. The van der Waals surface area contributed by atoms with Gasteiger partial charge in [0.1, 0.15) is 23.5 Å². The van der Waals surface area contributed by atoms with E-state index in [-0.39, 0.29) is 17.7 Å². The molecule has 0 spiro atoms. The summed E-state index contributed by atoms with van der Waals surface area (Å²) in [4.78, 5) is 38.5. The molecule has 0 aliphatic carbocycles. The third kappa shape index (κ3) is 5.22. The Hall–Kier alpha value is -3.06. The van der Waals surface area contributed by atoms with Crippen LogP contribution in [0.5, 0.6) is 0 Å². The van der Waals surface area contributed by atoms with E-state index < -0.39 is 11.9 Å². The van der Waals surface area contributed by atoms with Gasteiger partial charge >= 0.3 is 6.09 Å². The van der Waals surface area contributed by atoms with E-state index in [0.29, 0.717) is 50.1 Å². The Morgan fingerprint density at radius 3 is 2.62 bits per heavy atom. The van der Waals surface area contributed by atoms with Crippen LogP contribution in [0.25, 0.3) is 11.1 Å². The fourth-order valence-electron chi connectivity index (χ4n) is 4.24. The number of nitrogens with zero attached hydrogens (tertiary/aromatic N) is 2. The van der Waals surface area contributed by atoms with E-state index in [1.54, 1.807) is 12.1 Å². The van der Waals surface area contributed by atoms with Crippen LogP contribution in [-0.4, -0.2) is 48.3 Å². The summed E-state index contributed by atoms with van der Waals surface area (Å²) >= 11 is 0. The summed E-state index contributed by atoms with van der Waals surface area (Å²) in [6.45, 7) is 3.92. The number of hydrogen-bond donors (Lipinski definition) is 0. The predicted octanol–water partition coefficient (Wildman–Crippen LogP) is 4.35. The predicted molar refractivity (Wildman–Crippen MR) is 119 cm³/mol. The van der Waals surface area contributed by atoms with Crippen LogP contribution in [0.3, 0.4) is 0 Å². The van der Waals surface area contributed by atoms with Crippen LogP contribution >= 0.6 is 0 Å². The Morgan fingerprint density at radius 2 is 1.94 bits per heavy atom. The molecule has 2 fully saturated rings. The van der Waals surface area contributed by atoms with Gasteiger partial charge in [-0.25, -0.2) is 9.18 Å². The van der Waals surface area contributed by atoms with E-state index in [2.05, 4.69) is 4.90 Å². The highest BCUT2D eigenvalue weighted by molar-refractivity contribution is 5.90. The molecule has 6 nitrogen and oxygen atoms in total.